The first-order valence-corrected chi connectivity index (χ1v) is 6.25. The fraction of sp³-hybridized carbons (Fsp3) is 0.500. The number of hydrogen-bond acceptors (Lipinski definition) is 4. The predicted molar refractivity (Wildman–Crippen MR) is 71.6 cm³/mol. The predicted octanol–water partition coefficient (Wildman–Crippen LogP) is 0.908. The van der Waals surface area contributed by atoms with Gasteiger partial charge in [0.2, 0.25) is 5.91 Å². The minimum Gasteiger partial charge on any atom is -0.352 e. The average molecular weight is 269 g/mol. The zero-order valence-electron chi connectivity index (χ0n) is 10.5. The summed E-state index contributed by atoms with van der Waals surface area (Å²) in [5, 5.41) is 3.37. The van der Waals surface area contributed by atoms with Crippen molar-refractivity contribution in [3.8, 4) is 0 Å². The SMILES string of the molecule is CC1(C)C(=O)NCCN1c1nccc(CN)c1Cl. The van der Waals surface area contributed by atoms with Crippen molar-refractivity contribution in [2.45, 2.75) is 25.9 Å². The van der Waals surface area contributed by atoms with Gasteiger partial charge in [-0.25, -0.2) is 4.98 Å². The largest absolute Gasteiger partial charge is 0.352 e. The third-order valence-corrected chi connectivity index (χ3v) is 3.69. The second-order valence-corrected chi connectivity index (χ2v) is 5.16. The van der Waals surface area contributed by atoms with E-state index in [2.05, 4.69) is 10.3 Å². The standard InChI is InChI=1S/C12H17ClN4O/c1-12(2)11(18)16-5-6-17(12)10-9(13)8(7-14)3-4-15-10/h3-4H,5-7,14H2,1-2H3,(H,16,18). The van der Waals surface area contributed by atoms with E-state index in [-0.39, 0.29) is 5.91 Å². The van der Waals surface area contributed by atoms with Crippen LogP contribution >= 0.6 is 11.6 Å². The molecule has 2 heterocycles. The van der Waals surface area contributed by atoms with Crippen molar-refractivity contribution in [2.24, 2.45) is 5.73 Å². The third-order valence-electron chi connectivity index (χ3n) is 3.28. The van der Waals surface area contributed by atoms with E-state index in [4.69, 9.17) is 17.3 Å². The lowest BCUT2D eigenvalue weighted by Crippen LogP contribution is -2.62. The molecule has 0 atom stereocenters. The first-order valence-electron chi connectivity index (χ1n) is 5.88. The van der Waals surface area contributed by atoms with Crippen molar-refractivity contribution < 1.29 is 4.79 Å². The molecule has 98 valence electrons. The summed E-state index contributed by atoms with van der Waals surface area (Å²) in [5.41, 5.74) is 5.81. The van der Waals surface area contributed by atoms with Gasteiger partial charge < -0.3 is 16.0 Å². The van der Waals surface area contributed by atoms with Gasteiger partial charge in [-0.15, -0.1) is 0 Å². The molecule has 0 radical (unpaired) electrons. The van der Waals surface area contributed by atoms with Gasteiger partial charge in [0.05, 0.1) is 5.02 Å². The number of hydrogen-bond donors (Lipinski definition) is 2. The Balaban J connectivity index is 2.45. The van der Waals surface area contributed by atoms with E-state index in [9.17, 15) is 4.79 Å². The van der Waals surface area contributed by atoms with Crippen molar-refractivity contribution in [1.29, 1.82) is 0 Å². The maximum atomic E-state index is 11.9. The number of anilines is 1. The van der Waals surface area contributed by atoms with Crippen LogP contribution in [-0.2, 0) is 11.3 Å². The number of nitrogens with one attached hydrogen (secondary N) is 1. The number of nitrogens with two attached hydrogens (primary N) is 1. The number of piperazine rings is 1. The molecule has 0 bridgehead atoms. The fourth-order valence-corrected chi connectivity index (χ4v) is 2.38. The molecule has 1 aromatic rings. The Bertz CT molecular complexity index is 475. The number of carbonyl (C=O) groups is 1. The quantitative estimate of drug-likeness (QED) is 0.836. The molecule has 18 heavy (non-hydrogen) atoms. The minimum atomic E-state index is -0.665. The molecule has 1 aliphatic heterocycles. The summed E-state index contributed by atoms with van der Waals surface area (Å²) in [7, 11) is 0. The summed E-state index contributed by atoms with van der Waals surface area (Å²) in [6.45, 7) is 5.34. The zero-order valence-corrected chi connectivity index (χ0v) is 11.3. The number of rotatable bonds is 2. The van der Waals surface area contributed by atoms with Crippen LogP contribution in [0.1, 0.15) is 19.4 Å². The Morgan fingerprint density at radius 2 is 2.33 bits per heavy atom. The molecule has 0 aromatic carbocycles. The number of carbonyl (C=O) groups excluding carboxylic acids is 1. The highest BCUT2D eigenvalue weighted by atomic mass is 35.5. The highest BCUT2D eigenvalue weighted by molar-refractivity contribution is 6.33. The van der Waals surface area contributed by atoms with E-state index >= 15 is 0 Å². The lowest BCUT2D eigenvalue weighted by molar-refractivity contribution is -0.126. The second-order valence-electron chi connectivity index (χ2n) is 4.78. The van der Waals surface area contributed by atoms with Gasteiger partial charge in [-0.05, 0) is 25.5 Å². The first-order chi connectivity index (χ1) is 8.48. The molecule has 0 unspecified atom stereocenters. The van der Waals surface area contributed by atoms with E-state index in [1.807, 2.05) is 18.7 Å². The normalized spacial score (nSPS) is 18.7. The maximum absolute atomic E-state index is 11.9. The number of halogens is 1. The molecule has 6 heteroatoms. The monoisotopic (exact) mass is 268 g/mol. The average Bonchev–Trinajstić information content (AvgIpc) is 2.34. The summed E-state index contributed by atoms with van der Waals surface area (Å²) in [4.78, 5) is 18.1. The van der Waals surface area contributed by atoms with E-state index in [0.29, 0.717) is 30.5 Å². The van der Waals surface area contributed by atoms with Gasteiger partial charge in [0.1, 0.15) is 11.4 Å². The second kappa shape index (κ2) is 4.74. The Kier molecular flexibility index (Phi) is 3.45. The topological polar surface area (TPSA) is 71.2 Å². The number of aromatic nitrogens is 1. The lowest BCUT2D eigenvalue weighted by atomic mass is 9.98. The zero-order chi connectivity index (χ0) is 13.3. The molecule has 1 amide bonds. The van der Waals surface area contributed by atoms with Crippen LogP contribution in [0.4, 0.5) is 5.82 Å². The fourth-order valence-electron chi connectivity index (χ4n) is 2.09. The summed E-state index contributed by atoms with van der Waals surface area (Å²) in [6, 6.07) is 1.79. The van der Waals surface area contributed by atoms with Gasteiger partial charge >= 0.3 is 0 Å². The van der Waals surface area contributed by atoms with Gasteiger partial charge in [0.15, 0.2) is 0 Å². The van der Waals surface area contributed by atoms with E-state index in [1.54, 1.807) is 12.3 Å². The maximum Gasteiger partial charge on any atom is 0.245 e. The van der Waals surface area contributed by atoms with Crippen LogP contribution in [0, 0.1) is 0 Å². The summed E-state index contributed by atoms with van der Waals surface area (Å²) in [6.07, 6.45) is 1.67. The van der Waals surface area contributed by atoms with Crippen LogP contribution < -0.4 is 16.0 Å². The summed E-state index contributed by atoms with van der Waals surface area (Å²) in [5.74, 6) is 0.601. The van der Waals surface area contributed by atoms with Gasteiger partial charge in [0, 0.05) is 25.8 Å². The minimum absolute atomic E-state index is 0.0234. The van der Waals surface area contributed by atoms with E-state index in [0.717, 1.165) is 5.56 Å². The Hall–Kier alpha value is -1.33. The molecule has 2 rings (SSSR count). The molecule has 1 saturated heterocycles. The number of amides is 1. The molecular formula is C12H17ClN4O. The molecule has 1 fully saturated rings. The highest BCUT2D eigenvalue weighted by Crippen LogP contribution is 2.32. The molecule has 5 nitrogen and oxygen atoms in total. The summed E-state index contributed by atoms with van der Waals surface area (Å²) >= 11 is 6.30. The summed E-state index contributed by atoms with van der Waals surface area (Å²) < 4.78 is 0. The van der Waals surface area contributed by atoms with Crippen LogP contribution in [0.2, 0.25) is 5.02 Å². The van der Waals surface area contributed by atoms with Crippen LogP contribution in [0.5, 0.6) is 0 Å². The molecule has 1 aromatic heterocycles. The Morgan fingerprint density at radius 1 is 1.61 bits per heavy atom. The first kappa shape index (κ1) is 13.1. The van der Waals surface area contributed by atoms with Crippen molar-refractivity contribution in [3.63, 3.8) is 0 Å². The van der Waals surface area contributed by atoms with Crippen molar-refractivity contribution in [1.82, 2.24) is 10.3 Å². The number of pyridine rings is 1. The molecule has 1 aliphatic rings. The van der Waals surface area contributed by atoms with Crippen LogP contribution in [0.3, 0.4) is 0 Å². The smallest absolute Gasteiger partial charge is 0.245 e. The number of nitrogens with zero attached hydrogens (tertiary/aromatic N) is 2. The molecular weight excluding hydrogens is 252 g/mol. The van der Waals surface area contributed by atoms with Gasteiger partial charge in [-0.2, -0.15) is 0 Å². The molecule has 0 spiro atoms. The van der Waals surface area contributed by atoms with Gasteiger partial charge in [0.25, 0.3) is 0 Å². The van der Waals surface area contributed by atoms with Gasteiger partial charge in [-0.3, -0.25) is 4.79 Å². The van der Waals surface area contributed by atoms with Crippen LogP contribution in [0.25, 0.3) is 0 Å². The van der Waals surface area contributed by atoms with Crippen molar-refractivity contribution in [2.75, 3.05) is 18.0 Å². The molecule has 3 N–H and O–H groups in total. The highest BCUT2D eigenvalue weighted by Gasteiger charge is 2.39. The molecule has 0 aliphatic carbocycles. The van der Waals surface area contributed by atoms with E-state index in [1.165, 1.54) is 0 Å². The van der Waals surface area contributed by atoms with Gasteiger partial charge in [-0.1, -0.05) is 11.6 Å². The Labute approximate surface area is 111 Å². The third kappa shape index (κ3) is 2.04. The molecule has 0 saturated carbocycles. The van der Waals surface area contributed by atoms with Crippen LogP contribution in [0.15, 0.2) is 12.3 Å². The lowest BCUT2D eigenvalue weighted by Gasteiger charge is -2.42. The van der Waals surface area contributed by atoms with Crippen LogP contribution in [-0.4, -0.2) is 29.5 Å². The Morgan fingerprint density at radius 3 is 3.00 bits per heavy atom. The van der Waals surface area contributed by atoms with E-state index < -0.39 is 5.54 Å². The van der Waals surface area contributed by atoms with Crippen molar-refractivity contribution in [3.05, 3.63) is 22.8 Å². The van der Waals surface area contributed by atoms with Crippen molar-refractivity contribution >= 4 is 23.3 Å².